The van der Waals surface area contributed by atoms with Gasteiger partial charge in [0.2, 0.25) is 0 Å². The summed E-state index contributed by atoms with van der Waals surface area (Å²) in [6, 6.07) is 4.52. The molecular weight excluding hydrogens is 261 g/mol. The second kappa shape index (κ2) is 7.85. The van der Waals surface area contributed by atoms with Gasteiger partial charge in [0.05, 0.1) is 6.61 Å². The molecule has 20 heavy (non-hydrogen) atoms. The summed E-state index contributed by atoms with van der Waals surface area (Å²) < 4.78 is 23.8. The van der Waals surface area contributed by atoms with Crippen molar-refractivity contribution >= 4 is 5.97 Å². The molecule has 5 heteroatoms. The number of benzene rings is 1. The van der Waals surface area contributed by atoms with E-state index >= 15 is 0 Å². The highest BCUT2D eigenvalue weighted by atomic mass is 19.1. The molecule has 0 saturated heterocycles. The first-order valence-electron chi connectivity index (χ1n) is 6.79. The SMILES string of the molecule is CCOC(=O)C(C)Oc1ccc(F)cc1CNC(C)C. The van der Waals surface area contributed by atoms with Gasteiger partial charge in [0, 0.05) is 18.2 Å². The molecule has 4 nitrogen and oxygen atoms in total. The summed E-state index contributed by atoms with van der Waals surface area (Å²) >= 11 is 0. The fourth-order valence-electron chi connectivity index (χ4n) is 1.61. The fourth-order valence-corrected chi connectivity index (χ4v) is 1.61. The lowest BCUT2D eigenvalue weighted by molar-refractivity contribution is -0.150. The quantitative estimate of drug-likeness (QED) is 0.782. The number of hydrogen-bond donors (Lipinski definition) is 1. The van der Waals surface area contributed by atoms with Gasteiger partial charge in [-0.15, -0.1) is 0 Å². The topological polar surface area (TPSA) is 47.6 Å². The van der Waals surface area contributed by atoms with E-state index in [0.717, 1.165) is 0 Å². The van der Waals surface area contributed by atoms with Gasteiger partial charge < -0.3 is 14.8 Å². The van der Waals surface area contributed by atoms with Gasteiger partial charge in [-0.1, -0.05) is 13.8 Å². The summed E-state index contributed by atoms with van der Waals surface area (Å²) in [6.07, 6.45) is -0.724. The van der Waals surface area contributed by atoms with Crippen LogP contribution in [-0.2, 0) is 16.1 Å². The third-order valence-corrected chi connectivity index (χ3v) is 2.65. The van der Waals surface area contributed by atoms with Gasteiger partial charge in [-0.25, -0.2) is 9.18 Å². The van der Waals surface area contributed by atoms with Crippen LogP contribution in [0.25, 0.3) is 0 Å². The van der Waals surface area contributed by atoms with Crippen molar-refractivity contribution in [3.8, 4) is 5.75 Å². The molecule has 1 aromatic carbocycles. The van der Waals surface area contributed by atoms with Crippen LogP contribution < -0.4 is 10.1 Å². The van der Waals surface area contributed by atoms with E-state index in [4.69, 9.17) is 9.47 Å². The van der Waals surface area contributed by atoms with Crippen molar-refractivity contribution in [3.63, 3.8) is 0 Å². The molecule has 0 fully saturated rings. The molecule has 0 heterocycles. The van der Waals surface area contributed by atoms with Crippen LogP contribution in [0.1, 0.15) is 33.3 Å². The number of carbonyl (C=O) groups is 1. The van der Waals surface area contributed by atoms with E-state index in [0.29, 0.717) is 24.5 Å². The Labute approximate surface area is 119 Å². The van der Waals surface area contributed by atoms with Crippen molar-refractivity contribution in [2.24, 2.45) is 0 Å². The summed E-state index contributed by atoms with van der Waals surface area (Å²) in [4.78, 5) is 11.6. The number of nitrogens with one attached hydrogen (secondary N) is 1. The fraction of sp³-hybridized carbons (Fsp3) is 0.533. The van der Waals surface area contributed by atoms with Gasteiger partial charge in [-0.05, 0) is 32.0 Å². The van der Waals surface area contributed by atoms with Crippen LogP contribution in [0.3, 0.4) is 0 Å². The Bertz CT molecular complexity index is 449. The molecule has 0 saturated carbocycles. The van der Waals surface area contributed by atoms with Crippen LogP contribution in [0, 0.1) is 5.82 Å². The Morgan fingerprint density at radius 3 is 2.65 bits per heavy atom. The zero-order valence-electron chi connectivity index (χ0n) is 12.4. The highest BCUT2D eigenvalue weighted by Gasteiger charge is 2.17. The summed E-state index contributed by atoms with van der Waals surface area (Å²) in [5.41, 5.74) is 0.676. The minimum atomic E-state index is -0.724. The monoisotopic (exact) mass is 283 g/mol. The molecule has 0 bridgehead atoms. The molecule has 0 amide bonds. The van der Waals surface area contributed by atoms with E-state index in [1.54, 1.807) is 13.8 Å². The Balaban J connectivity index is 2.80. The number of hydrogen-bond acceptors (Lipinski definition) is 4. The Kier molecular flexibility index (Phi) is 6.45. The maximum Gasteiger partial charge on any atom is 0.347 e. The van der Waals surface area contributed by atoms with Crippen molar-refractivity contribution in [2.75, 3.05) is 6.61 Å². The van der Waals surface area contributed by atoms with Crippen molar-refractivity contribution < 1.29 is 18.7 Å². The van der Waals surface area contributed by atoms with E-state index < -0.39 is 12.1 Å². The van der Waals surface area contributed by atoms with E-state index in [1.807, 2.05) is 13.8 Å². The summed E-state index contributed by atoms with van der Waals surface area (Å²) in [6.45, 7) is 8.13. The minimum absolute atomic E-state index is 0.272. The average Bonchev–Trinajstić information content (AvgIpc) is 2.39. The maximum atomic E-state index is 13.3. The lowest BCUT2D eigenvalue weighted by Gasteiger charge is -2.17. The second-order valence-corrected chi connectivity index (χ2v) is 4.80. The van der Waals surface area contributed by atoms with Gasteiger partial charge in [-0.2, -0.15) is 0 Å². The molecule has 1 atom stereocenters. The standard InChI is InChI=1S/C15H22FNO3/c1-5-19-15(18)11(4)20-14-7-6-13(16)8-12(14)9-17-10(2)3/h6-8,10-11,17H,5,9H2,1-4H3. The molecule has 0 aromatic heterocycles. The van der Waals surface area contributed by atoms with Crippen molar-refractivity contribution in [3.05, 3.63) is 29.6 Å². The van der Waals surface area contributed by atoms with E-state index in [1.165, 1.54) is 18.2 Å². The number of halogens is 1. The zero-order valence-corrected chi connectivity index (χ0v) is 12.4. The van der Waals surface area contributed by atoms with Crippen LogP contribution in [-0.4, -0.2) is 24.7 Å². The first-order chi connectivity index (χ1) is 9.43. The smallest absolute Gasteiger partial charge is 0.347 e. The molecule has 0 aliphatic rings. The predicted molar refractivity (Wildman–Crippen MR) is 75.1 cm³/mol. The predicted octanol–water partition coefficient (Wildman–Crippen LogP) is 2.65. The van der Waals surface area contributed by atoms with Gasteiger partial charge in [0.25, 0.3) is 0 Å². The lowest BCUT2D eigenvalue weighted by atomic mass is 10.2. The van der Waals surface area contributed by atoms with Crippen LogP contribution in [0.15, 0.2) is 18.2 Å². The average molecular weight is 283 g/mol. The summed E-state index contributed by atoms with van der Waals surface area (Å²) in [5, 5.41) is 3.19. The molecule has 0 aliphatic heterocycles. The highest BCUT2D eigenvalue weighted by molar-refractivity contribution is 5.74. The molecule has 112 valence electrons. The minimum Gasteiger partial charge on any atom is -0.479 e. The lowest BCUT2D eigenvalue weighted by Crippen LogP contribution is -2.27. The zero-order chi connectivity index (χ0) is 15.1. The number of rotatable bonds is 7. The van der Waals surface area contributed by atoms with Crippen molar-refractivity contribution in [2.45, 2.75) is 46.4 Å². The molecule has 1 unspecified atom stereocenters. The third-order valence-electron chi connectivity index (χ3n) is 2.65. The molecule has 1 N–H and O–H groups in total. The van der Waals surface area contributed by atoms with Gasteiger partial charge in [0.1, 0.15) is 11.6 Å². The van der Waals surface area contributed by atoms with Gasteiger partial charge in [0.15, 0.2) is 6.10 Å². The van der Waals surface area contributed by atoms with Gasteiger partial charge >= 0.3 is 5.97 Å². The third kappa shape index (κ3) is 5.17. The largest absolute Gasteiger partial charge is 0.479 e. The first-order valence-corrected chi connectivity index (χ1v) is 6.79. The van der Waals surface area contributed by atoms with E-state index in [2.05, 4.69) is 5.32 Å². The summed E-state index contributed by atoms with van der Waals surface area (Å²) in [5.74, 6) is -0.276. The molecule has 0 spiro atoms. The Morgan fingerprint density at radius 2 is 2.05 bits per heavy atom. The van der Waals surface area contributed by atoms with E-state index in [-0.39, 0.29) is 11.9 Å². The Hall–Kier alpha value is -1.62. The molecule has 0 aliphatic carbocycles. The van der Waals surface area contributed by atoms with Crippen LogP contribution >= 0.6 is 0 Å². The van der Waals surface area contributed by atoms with Crippen LogP contribution in [0.5, 0.6) is 5.75 Å². The second-order valence-electron chi connectivity index (χ2n) is 4.80. The maximum absolute atomic E-state index is 13.3. The first kappa shape index (κ1) is 16.4. The van der Waals surface area contributed by atoms with Crippen molar-refractivity contribution in [1.82, 2.24) is 5.32 Å². The van der Waals surface area contributed by atoms with Crippen LogP contribution in [0.4, 0.5) is 4.39 Å². The molecule has 1 rings (SSSR count). The highest BCUT2D eigenvalue weighted by Crippen LogP contribution is 2.21. The molecular formula is C15H22FNO3. The van der Waals surface area contributed by atoms with Crippen LogP contribution in [0.2, 0.25) is 0 Å². The van der Waals surface area contributed by atoms with E-state index in [9.17, 15) is 9.18 Å². The number of carbonyl (C=O) groups excluding carboxylic acids is 1. The van der Waals surface area contributed by atoms with Gasteiger partial charge in [-0.3, -0.25) is 0 Å². The summed E-state index contributed by atoms with van der Waals surface area (Å²) in [7, 11) is 0. The number of esters is 1. The Morgan fingerprint density at radius 1 is 1.35 bits per heavy atom. The number of ether oxygens (including phenoxy) is 2. The molecule has 1 aromatic rings. The normalized spacial score (nSPS) is 12.3. The molecule has 0 radical (unpaired) electrons. The van der Waals surface area contributed by atoms with Crippen molar-refractivity contribution in [1.29, 1.82) is 0 Å².